The molecule has 0 aliphatic heterocycles. The van der Waals surface area contributed by atoms with Crippen molar-refractivity contribution in [2.45, 2.75) is 201 Å². The SMILES string of the molecule is CC/C=C\CCCCOC(CCC(=O)OCC(CO)COC(=O)CCCCCOC(=O)C(CCCCCC)CCCCCCCC)OCCCC/C=C\CC. The number of hydrogen-bond acceptors (Lipinski definition) is 9. The molecule has 0 rings (SSSR count). The van der Waals surface area contributed by atoms with Crippen LogP contribution in [0.5, 0.6) is 0 Å². The number of hydrogen-bond donors (Lipinski definition) is 1. The molecule has 0 aliphatic rings. The summed E-state index contributed by atoms with van der Waals surface area (Å²) in [6.07, 6.45) is 33.0. The van der Waals surface area contributed by atoms with Crippen LogP contribution in [0.2, 0.25) is 0 Å². The monoisotopic (exact) mass is 781 g/mol. The van der Waals surface area contributed by atoms with Crippen LogP contribution in [-0.4, -0.2) is 68.9 Å². The summed E-state index contributed by atoms with van der Waals surface area (Å²) < 4.78 is 28.4. The van der Waals surface area contributed by atoms with Crippen molar-refractivity contribution in [2.75, 3.05) is 39.6 Å². The van der Waals surface area contributed by atoms with Crippen molar-refractivity contribution in [1.29, 1.82) is 0 Å². The molecule has 9 heteroatoms. The number of aliphatic hydroxyl groups is 1. The maximum atomic E-state index is 12.9. The molecule has 0 aromatic heterocycles. The molecule has 0 radical (unpaired) electrons. The Morgan fingerprint density at radius 1 is 0.509 bits per heavy atom. The zero-order valence-electron chi connectivity index (χ0n) is 35.9. The van der Waals surface area contributed by atoms with E-state index in [4.69, 9.17) is 23.7 Å². The number of carbonyl (C=O) groups is 3. The van der Waals surface area contributed by atoms with Gasteiger partial charge in [-0.1, -0.05) is 116 Å². The predicted octanol–water partition coefficient (Wildman–Crippen LogP) is 11.5. The van der Waals surface area contributed by atoms with E-state index < -0.39 is 18.2 Å². The summed E-state index contributed by atoms with van der Waals surface area (Å²) in [6, 6.07) is 0. The maximum Gasteiger partial charge on any atom is 0.308 e. The van der Waals surface area contributed by atoms with Crippen LogP contribution in [0, 0.1) is 11.8 Å². The molecule has 0 saturated carbocycles. The Morgan fingerprint density at radius 2 is 1.00 bits per heavy atom. The number of unbranched alkanes of at least 4 members (excludes halogenated alkanes) is 14. The van der Waals surface area contributed by atoms with Gasteiger partial charge in [-0.15, -0.1) is 0 Å². The van der Waals surface area contributed by atoms with Crippen LogP contribution in [0.15, 0.2) is 24.3 Å². The number of esters is 3. The molecule has 0 aromatic carbocycles. The smallest absolute Gasteiger partial charge is 0.308 e. The highest BCUT2D eigenvalue weighted by atomic mass is 16.7. The van der Waals surface area contributed by atoms with Crippen molar-refractivity contribution in [3.8, 4) is 0 Å². The zero-order valence-corrected chi connectivity index (χ0v) is 35.9. The minimum absolute atomic E-state index is 0.00692. The topological polar surface area (TPSA) is 118 Å². The van der Waals surface area contributed by atoms with E-state index in [-0.39, 0.29) is 50.5 Å². The van der Waals surface area contributed by atoms with Gasteiger partial charge in [0.05, 0.1) is 44.7 Å². The normalized spacial score (nSPS) is 12.8. The van der Waals surface area contributed by atoms with Gasteiger partial charge in [0, 0.05) is 26.1 Å². The lowest BCUT2D eigenvalue weighted by molar-refractivity contribution is -0.161. The van der Waals surface area contributed by atoms with Gasteiger partial charge in [-0.25, -0.2) is 0 Å². The molecule has 0 aliphatic carbocycles. The minimum Gasteiger partial charge on any atom is -0.465 e. The molecule has 0 amide bonds. The summed E-state index contributed by atoms with van der Waals surface area (Å²) in [5.41, 5.74) is 0. The van der Waals surface area contributed by atoms with E-state index >= 15 is 0 Å². The van der Waals surface area contributed by atoms with Crippen LogP contribution in [0.25, 0.3) is 0 Å². The van der Waals surface area contributed by atoms with Gasteiger partial charge >= 0.3 is 17.9 Å². The molecule has 2 atom stereocenters. The number of rotatable bonds is 41. The van der Waals surface area contributed by atoms with Crippen LogP contribution in [0.4, 0.5) is 0 Å². The molecule has 2 unspecified atom stereocenters. The molecule has 55 heavy (non-hydrogen) atoms. The lowest BCUT2D eigenvalue weighted by atomic mass is 9.94. The third-order valence-corrected chi connectivity index (χ3v) is 9.66. The lowest BCUT2D eigenvalue weighted by Gasteiger charge is -2.19. The first-order chi connectivity index (χ1) is 26.9. The van der Waals surface area contributed by atoms with Crippen molar-refractivity contribution >= 4 is 17.9 Å². The van der Waals surface area contributed by atoms with Gasteiger partial charge in [-0.05, 0) is 83.5 Å². The summed E-state index contributed by atoms with van der Waals surface area (Å²) in [5.74, 6) is -1.32. The average Bonchev–Trinajstić information content (AvgIpc) is 3.19. The Balaban J connectivity index is 4.39. The van der Waals surface area contributed by atoms with Gasteiger partial charge in [0.15, 0.2) is 6.29 Å². The number of allylic oxidation sites excluding steroid dienone is 4. The first-order valence-electron chi connectivity index (χ1n) is 22.5. The highest BCUT2D eigenvalue weighted by Crippen LogP contribution is 2.21. The molecule has 0 spiro atoms. The molecule has 0 saturated heterocycles. The minimum atomic E-state index is -0.495. The number of ether oxygens (including phenoxy) is 5. The lowest BCUT2D eigenvalue weighted by Crippen LogP contribution is -2.25. The summed E-state index contributed by atoms with van der Waals surface area (Å²) >= 11 is 0. The van der Waals surface area contributed by atoms with Gasteiger partial charge in [0.25, 0.3) is 0 Å². The second-order valence-corrected chi connectivity index (χ2v) is 15.0. The summed E-state index contributed by atoms with van der Waals surface area (Å²) in [5, 5.41) is 9.79. The molecule has 0 aromatic rings. The predicted molar refractivity (Wildman–Crippen MR) is 224 cm³/mol. The number of aliphatic hydroxyl groups excluding tert-OH is 1. The first-order valence-corrected chi connectivity index (χ1v) is 22.5. The van der Waals surface area contributed by atoms with Crippen LogP contribution in [-0.2, 0) is 38.1 Å². The second-order valence-electron chi connectivity index (χ2n) is 15.0. The number of carbonyl (C=O) groups excluding carboxylic acids is 3. The average molecular weight is 781 g/mol. The van der Waals surface area contributed by atoms with Gasteiger partial charge in [-0.3, -0.25) is 14.4 Å². The fraction of sp³-hybridized carbons (Fsp3) is 0.848. The summed E-state index contributed by atoms with van der Waals surface area (Å²) in [4.78, 5) is 37.8. The fourth-order valence-corrected chi connectivity index (χ4v) is 6.10. The third-order valence-electron chi connectivity index (χ3n) is 9.66. The Labute approximate surface area is 337 Å². The molecule has 0 fully saturated rings. The fourth-order valence-electron chi connectivity index (χ4n) is 6.10. The van der Waals surface area contributed by atoms with E-state index in [0.717, 1.165) is 83.5 Å². The van der Waals surface area contributed by atoms with E-state index in [1.165, 1.54) is 51.4 Å². The third kappa shape index (κ3) is 35.9. The summed E-state index contributed by atoms with van der Waals surface area (Å²) in [7, 11) is 0. The van der Waals surface area contributed by atoms with Crippen molar-refractivity contribution in [3.05, 3.63) is 24.3 Å². The van der Waals surface area contributed by atoms with Crippen molar-refractivity contribution in [2.24, 2.45) is 11.8 Å². The van der Waals surface area contributed by atoms with Crippen LogP contribution in [0.3, 0.4) is 0 Å². The molecular formula is C46H84O9. The molecule has 0 heterocycles. The Kier molecular flexibility index (Phi) is 39.7. The van der Waals surface area contributed by atoms with Gasteiger partial charge < -0.3 is 28.8 Å². The molecule has 322 valence electrons. The Morgan fingerprint density at radius 3 is 1.55 bits per heavy atom. The van der Waals surface area contributed by atoms with E-state index in [0.29, 0.717) is 39.1 Å². The van der Waals surface area contributed by atoms with Gasteiger partial charge in [-0.2, -0.15) is 0 Å². The van der Waals surface area contributed by atoms with Crippen LogP contribution in [0.1, 0.15) is 195 Å². The largest absolute Gasteiger partial charge is 0.465 e. The van der Waals surface area contributed by atoms with E-state index in [1.54, 1.807) is 0 Å². The highest BCUT2D eigenvalue weighted by Gasteiger charge is 2.20. The van der Waals surface area contributed by atoms with Crippen molar-refractivity contribution in [1.82, 2.24) is 0 Å². The van der Waals surface area contributed by atoms with E-state index in [9.17, 15) is 19.5 Å². The Hall–Kier alpha value is -2.23. The maximum absolute atomic E-state index is 12.9. The van der Waals surface area contributed by atoms with Crippen LogP contribution >= 0.6 is 0 Å². The quantitative estimate of drug-likeness (QED) is 0.0213. The van der Waals surface area contributed by atoms with E-state index in [2.05, 4.69) is 52.0 Å². The first kappa shape index (κ1) is 52.8. The van der Waals surface area contributed by atoms with Crippen LogP contribution < -0.4 is 0 Å². The molecule has 9 nitrogen and oxygen atoms in total. The highest BCUT2D eigenvalue weighted by molar-refractivity contribution is 5.72. The standard InChI is InChI=1S/C46H84O9/c1-5-9-13-17-20-25-31-42(30-24-16-12-8-4)46(50)53-37-29-23-26-32-43(48)54-39-41(38-47)40-55-44(49)33-34-45(51-35-27-21-18-14-10-6-2)52-36-28-22-19-15-11-7-3/h10-11,14-15,41-42,45,47H,5-9,12-13,16-40H2,1-4H3/b14-10-,15-11-. The molecule has 1 N–H and O–H groups in total. The zero-order chi connectivity index (χ0) is 40.5. The second kappa shape index (κ2) is 41.4. The van der Waals surface area contributed by atoms with Crippen molar-refractivity contribution in [3.63, 3.8) is 0 Å². The Bertz CT molecular complexity index is 910. The molecular weight excluding hydrogens is 696 g/mol. The van der Waals surface area contributed by atoms with Crippen molar-refractivity contribution < 1.29 is 43.2 Å². The van der Waals surface area contributed by atoms with Gasteiger partial charge in [0.2, 0.25) is 0 Å². The summed E-state index contributed by atoms with van der Waals surface area (Å²) in [6.45, 7) is 9.88. The van der Waals surface area contributed by atoms with Gasteiger partial charge in [0.1, 0.15) is 0 Å². The van der Waals surface area contributed by atoms with E-state index in [1.807, 2.05) is 0 Å². The molecule has 0 bridgehead atoms.